The highest BCUT2D eigenvalue weighted by atomic mass is 79.9. The van der Waals surface area contributed by atoms with E-state index in [4.69, 9.17) is 4.74 Å². The summed E-state index contributed by atoms with van der Waals surface area (Å²) < 4.78 is 7.92. The van der Waals surface area contributed by atoms with Gasteiger partial charge in [0.2, 0.25) is 0 Å². The maximum absolute atomic E-state index is 5.93. The molecule has 4 heteroatoms. The van der Waals surface area contributed by atoms with Gasteiger partial charge >= 0.3 is 0 Å². The Bertz CT molecular complexity index is 450. The molecule has 21 heavy (non-hydrogen) atoms. The summed E-state index contributed by atoms with van der Waals surface area (Å²) in [6.45, 7) is 14.7. The van der Waals surface area contributed by atoms with Crippen LogP contribution in [0.5, 0.6) is 5.75 Å². The maximum atomic E-state index is 5.93. The lowest BCUT2D eigenvalue weighted by atomic mass is 9.93. The molecule has 0 atom stereocenters. The van der Waals surface area contributed by atoms with Gasteiger partial charge in [0.1, 0.15) is 5.75 Å². The van der Waals surface area contributed by atoms with E-state index in [0.29, 0.717) is 0 Å². The van der Waals surface area contributed by atoms with Crippen molar-refractivity contribution in [2.75, 3.05) is 6.61 Å². The fraction of sp³-hybridized carbons (Fsp3) is 0.647. The van der Waals surface area contributed by atoms with E-state index in [1.54, 1.807) is 0 Å². The minimum absolute atomic E-state index is 0.112. The Morgan fingerprint density at radius 1 is 1.00 bits per heavy atom. The first kappa shape index (κ1) is 19.0. The third-order valence-corrected chi connectivity index (χ3v) is 4.16. The SMILES string of the molecule is CC(C)(C)CCOc1c(Br)cc(CNC(C)(C)C)cc1Br. The molecule has 1 N–H and O–H groups in total. The second-order valence-corrected chi connectivity index (χ2v) is 9.36. The molecule has 120 valence electrons. The van der Waals surface area contributed by atoms with E-state index in [1.165, 1.54) is 5.56 Å². The van der Waals surface area contributed by atoms with Gasteiger partial charge in [-0.2, -0.15) is 0 Å². The maximum Gasteiger partial charge on any atom is 0.147 e. The van der Waals surface area contributed by atoms with Crippen molar-refractivity contribution in [1.29, 1.82) is 0 Å². The Kier molecular flexibility index (Phi) is 6.76. The van der Waals surface area contributed by atoms with Crippen molar-refractivity contribution >= 4 is 31.9 Å². The second kappa shape index (κ2) is 7.47. The Balaban J connectivity index is 2.71. The predicted molar refractivity (Wildman–Crippen MR) is 98.0 cm³/mol. The third-order valence-electron chi connectivity index (χ3n) is 2.98. The lowest BCUT2D eigenvalue weighted by molar-refractivity contribution is 0.241. The molecular weight excluding hydrogens is 394 g/mol. The molecule has 0 saturated carbocycles. The van der Waals surface area contributed by atoms with Crippen LogP contribution in [-0.4, -0.2) is 12.1 Å². The molecule has 0 saturated heterocycles. The van der Waals surface area contributed by atoms with Gasteiger partial charge in [0.05, 0.1) is 15.6 Å². The van der Waals surface area contributed by atoms with Gasteiger partial charge in [-0.05, 0) is 82.2 Å². The molecule has 1 aromatic carbocycles. The summed E-state index contributed by atoms with van der Waals surface area (Å²) in [6, 6.07) is 4.24. The molecular formula is C17H27Br2NO. The zero-order chi connectivity index (χ0) is 16.3. The van der Waals surface area contributed by atoms with Crippen LogP contribution < -0.4 is 10.1 Å². The summed E-state index contributed by atoms with van der Waals surface area (Å²) in [5.41, 5.74) is 1.63. The number of ether oxygens (including phenoxy) is 1. The molecule has 0 radical (unpaired) electrons. The van der Waals surface area contributed by atoms with Gasteiger partial charge in [-0.1, -0.05) is 20.8 Å². The number of hydrogen-bond acceptors (Lipinski definition) is 2. The molecule has 0 aliphatic rings. The van der Waals surface area contributed by atoms with E-state index < -0.39 is 0 Å². The highest BCUT2D eigenvalue weighted by molar-refractivity contribution is 9.11. The van der Waals surface area contributed by atoms with Crippen molar-refractivity contribution in [1.82, 2.24) is 5.32 Å². The number of hydrogen-bond donors (Lipinski definition) is 1. The molecule has 2 nitrogen and oxygen atoms in total. The van der Waals surface area contributed by atoms with E-state index in [2.05, 4.69) is 90.9 Å². The summed E-state index contributed by atoms with van der Waals surface area (Å²) >= 11 is 7.23. The van der Waals surface area contributed by atoms with Crippen molar-refractivity contribution in [3.63, 3.8) is 0 Å². The largest absolute Gasteiger partial charge is 0.491 e. The summed E-state index contributed by atoms with van der Waals surface area (Å²) in [5.74, 6) is 0.888. The third kappa shape index (κ3) is 7.66. The Morgan fingerprint density at radius 2 is 1.52 bits per heavy atom. The van der Waals surface area contributed by atoms with E-state index in [0.717, 1.165) is 34.3 Å². The Morgan fingerprint density at radius 3 is 1.95 bits per heavy atom. The van der Waals surface area contributed by atoms with Crippen LogP contribution in [0.25, 0.3) is 0 Å². The molecule has 0 aliphatic carbocycles. The van der Waals surface area contributed by atoms with Crippen molar-refractivity contribution in [2.24, 2.45) is 5.41 Å². The second-order valence-electron chi connectivity index (χ2n) is 7.65. The molecule has 0 bridgehead atoms. The van der Waals surface area contributed by atoms with Crippen LogP contribution in [0.1, 0.15) is 53.5 Å². The number of nitrogens with one attached hydrogen (secondary N) is 1. The predicted octanol–water partition coefficient (Wildman–Crippen LogP) is 5.91. The summed E-state index contributed by atoms with van der Waals surface area (Å²) in [7, 11) is 0. The standard InChI is InChI=1S/C17H27Br2NO/c1-16(2,3)7-8-21-15-13(18)9-12(10-14(15)19)11-20-17(4,5)6/h9-10,20H,7-8,11H2,1-6H3. The zero-order valence-electron chi connectivity index (χ0n) is 13.9. The van der Waals surface area contributed by atoms with Gasteiger partial charge in [-0.3, -0.25) is 0 Å². The van der Waals surface area contributed by atoms with E-state index in [1.807, 2.05) is 0 Å². The summed E-state index contributed by atoms with van der Waals surface area (Å²) in [6.07, 6.45) is 1.03. The first-order valence-electron chi connectivity index (χ1n) is 7.34. The van der Waals surface area contributed by atoms with Gasteiger partial charge in [0, 0.05) is 12.1 Å². The van der Waals surface area contributed by atoms with Crippen LogP contribution in [-0.2, 0) is 6.54 Å². The van der Waals surface area contributed by atoms with E-state index in [9.17, 15) is 0 Å². The topological polar surface area (TPSA) is 21.3 Å². The van der Waals surface area contributed by atoms with Crippen molar-refractivity contribution in [3.05, 3.63) is 26.6 Å². The van der Waals surface area contributed by atoms with E-state index in [-0.39, 0.29) is 11.0 Å². The van der Waals surface area contributed by atoms with Gasteiger partial charge in [-0.15, -0.1) is 0 Å². The molecule has 0 unspecified atom stereocenters. The first-order valence-corrected chi connectivity index (χ1v) is 8.92. The van der Waals surface area contributed by atoms with Crippen LogP contribution in [0.4, 0.5) is 0 Å². The first-order chi connectivity index (χ1) is 9.48. The lowest BCUT2D eigenvalue weighted by Gasteiger charge is -2.22. The molecule has 0 aliphatic heterocycles. The van der Waals surface area contributed by atoms with Crippen LogP contribution in [0.15, 0.2) is 21.1 Å². The van der Waals surface area contributed by atoms with Gasteiger partial charge in [0.15, 0.2) is 0 Å². The van der Waals surface area contributed by atoms with Crippen LogP contribution in [0.3, 0.4) is 0 Å². The molecule has 0 amide bonds. The average Bonchev–Trinajstić information content (AvgIpc) is 2.28. The minimum Gasteiger partial charge on any atom is -0.491 e. The average molecular weight is 421 g/mol. The molecule has 1 aromatic rings. The highest BCUT2D eigenvalue weighted by Crippen LogP contribution is 2.35. The van der Waals surface area contributed by atoms with Crippen molar-refractivity contribution in [2.45, 2.75) is 60.0 Å². The van der Waals surface area contributed by atoms with E-state index >= 15 is 0 Å². The fourth-order valence-electron chi connectivity index (χ4n) is 1.68. The molecule has 0 spiro atoms. The molecule has 0 heterocycles. The number of benzene rings is 1. The van der Waals surface area contributed by atoms with Crippen LogP contribution in [0.2, 0.25) is 0 Å². The van der Waals surface area contributed by atoms with Crippen molar-refractivity contribution < 1.29 is 4.74 Å². The van der Waals surface area contributed by atoms with Crippen molar-refractivity contribution in [3.8, 4) is 5.75 Å². The van der Waals surface area contributed by atoms with Gasteiger partial charge in [-0.25, -0.2) is 0 Å². The number of halogens is 2. The Hall–Kier alpha value is -0.0600. The van der Waals surface area contributed by atoms with Crippen LogP contribution in [0, 0.1) is 5.41 Å². The smallest absolute Gasteiger partial charge is 0.147 e. The normalized spacial score (nSPS) is 12.6. The molecule has 1 rings (SSSR count). The monoisotopic (exact) mass is 419 g/mol. The molecule has 0 fully saturated rings. The summed E-state index contributed by atoms with van der Waals surface area (Å²) in [4.78, 5) is 0. The fourth-order valence-corrected chi connectivity index (χ4v) is 3.19. The zero-order valence-corrected chi connectivity index (χ0v) is 17.1. The lowest BCUT2D eigenvalue weighted by Crippen LogP contribution is -2.35. The highest BCUT2D eigenvalue weighted by Gasteiger charge is 2.14. The minimum atomic E-state index is 0.112. The van der Waals surface area contributed by atoms with Gasteiger partial charge < -0.3 is 10.1 Å². The van der Waals surface area contributed by atoms with Gasteiger partial charge in [0.25, 0.3) is 0 Å². The Labute approximate surface area is 146 Å². The number of rotatable bonds is 5. The van der Waals surface area contributed by atoms with Crippen LogP contribution >= 0.6 is 31.9 Å². The quantitative estimate of drug-likeness (QED) is 0.638. The molecule has 0 aromatic heterocycles. The summed E-state index contributed by atoms with van der Waals surface area (Å²) in [5, 5.41) is 3.49.